The molecule has 1 aromatic carbocycles. The van der Waals surface area contributed by atoms with E-state index >= 15 is 0 Å². The fraction of sp³-hybridized carbons (Fsp3) is 0.556. The van der Waals surface area contributed by atoms with Crippen LogP contribution < -0.4 is 11.1 Å². The molecule has 1 aliphatic heterocycles. The van der Waals surface area contributed by atoms with E-state index in [1.807, 2.05) is 17.0 Å². The number of rotatable bonds is 6. The number of likely N-dealkylation sites (tertiary alicyclic amines) is 1. The van der Waals surface area contributed by atoms with Crippen molar-refractivity contribution in [1.82, 2.24) is 4.90 Å². The third-order valence-corrected chi connectivity index (χ3v) is 4.15. The number of hydrogen-bond donors (Lipinski definition) is 2. The molecule has 1 saturated heterocycles. The van der Waals surface area contributed by atoms with Crippen molar-refractivity contribution in [3.05, 3.63) is 29.8 Å². The van der Waals surface area contributed by atoms with Gasteiger partial charge in [0.15, 0.2) is 5.96 Å². The van der Waals surface area contributed by atoms with E-state index in [0.29, 0.717) is 18.9 Å². The highest BCUT2D eigenvalue weighted by molar-refractivity contribution is 5.92. The summed E-state index contributed by atoms with van der Waals surface area (Å²) in [5.74, 6) is 0.717. The first-order valence-electron chi connectivity index (χ1n) is 8.62. The maximum atomic E-state index is 11.9. The summed E-state index contributed by atoms with van der Waals surface area (Å²) in [6, 6.07) is 8.17. The van der Waals surface area contributed by atoms with Gasteiger partial charge >= 0.3 is 0 Å². The lowest BCUT2D eigenvalue weighted by molar-refractivity contribution is -0.130. The minimum Gasteiger partial charge on any atom is -0.370 e. The molecule has 1 heterocycles. The van der Waals surface area contributed by atoms with Gasteiger partial charge in [0.25, 0.3) is 0 Å². The third kappa shape index (κ3) is 5.93. The van der Waals surface area contributed by atoms with Crippen molar-refractivity contribution in [2.45, 2.75) is 45.4 Å². The minimum absolute atomic E-state index is 0.286. The molecule has 0 atom stereocenters. The summed E-state index contributed by atoms with van der Waals surface area (Å²) in [6.07, 6.45) is 5.85. The van der Waals surface area contributed by atoms with Crippen LogP contribution in [-0.4, -0.2) is 36.4 Å². The van der Waals surface area contributed by atoms with Gasteiger partial charge in [0.05, 0.1) is 0 Å². The molecule has 5 heteroatoms. The van der Waals surface area contributed by atoms with Crippen molar-refractivity contribution in [3.8, 4) is 0 Å². The molecule has 23 heavy (non-hydrogen) atoms. The molecule has 0 aliphatic carbocycles. The molecule has 1 amide bonds. The van der Waals surface area contributed by atoms with Crippen molar-refractivity contribution in [3.63, 3.8) is 0 Å². The first kappa shape index (κ1) is 17.3. The lowest BCUT2D eigenvalue weighted by atomic mass is 10.1. The Kier molecular flexibility index (Phi) is 6.91. The summed E-state index contributed by atoms with van der Waals surface area (Å²) in [6.45, 7) is 4.43. The number of carbonyl (C=O) groups excluding carboxylic acids is 1. The summed E-state index contributed by atoms with van der Waals surface area (Å²) in [5, 5.41) is 3.12. The Labute approximate surface area is 139 Å². The van der Waals surface area contributed by atoms with Gasteiger partial charge in [0, 0.05) is 31.7 Å². The number of benzene rings is 1. The average molecular weight is 316 g/mol. The van der Waals surface area contributed by atoms with Crippen molar-refractivity contribution in [2.24, 2.45) is 10.7 Å². The molecule has 126 valence electrons. The van der Waals surface area contributed by atoms with Gasteiger partial charge < -0.3 is 16.0 Å². The molecule has 1 aliphatic rings. The van der Waals surface area contributed by atoms with Crippen molar-refractivity contribution >= 4 is 17.6 Å². The van der Waals surface area contributed by atoms with Gasteiger partial charge in [-0.1, -0.05) is 25.5 Å². The minimum atomic E-state index is 0.286. The van der Waals surface area contributed by atoms with Crippen LogP contribution in [0.15, 0.2) is 29.3 Å². The lowest BCUT2D eigenvalue weighted by Gasteiger charge is -2.19. The fourth-order valence-electron chi connectivity index (χ4n) is 2.79. The molecular formula is C18H28N4O. The second kappa shape index (κ2) is 9.18. The smallest absolute Gasteiger partial charge is 0.222 e. The van der Waals surface area contributed by atoms with Crippen LogP contribution in [0.2, 0.25) is 0 Å². The molecule has 0 spiro atoms. The van der Waals surface area contributed by atoms with Crippen LogP contribution in [0.25, 0.3) is 0 Å². The monoisotopic (exact) mass is 316 g/mol. The second-order valence-corrected chi connectivity index (χ2v) is 5.99. The number of nitrogens with zero attached hydrogens (tertiary/aromatic N) is 2. The van der Waals surface area contributed by atoms with Crippen molar-refractivity contribution in [1.29, 1.82) is 0 Å². The number of aryl methyl sites for hydroxylation is 1. The molecule has 1 aromatic rings. The van der Waals surface area contributed by atoms with Crippen LogP contribution in [0.3, 0.4) is 0 Å². The summed E-state index contributed by atoms with van der Waals surface area (Å²) < 4.78 is 0. The zero-order chi connectivity index (χ0) is 16.5. The molecule has 0 bridgehead atoms. The van der Waals surface area contributed by atoms with Gasteiger partial charge in [-0.05, 0) is 43.4 Å². The molecule has 0 aromatic heterocycles. The maximum Gasteiger partial charge on any atom is 0.222 e. The Morgan fingerprint density at radius 1 is 1.35 bits per heavy atom. The lowest BCUT2D eigenvalue weighted by Crippen LogP contribution is -2.31. The third-order valence-electron chi connectivity index (χ3n) is 4.15. The van der Waals surface area contributed by atoms with Crippen molar-refractivity contribution in [2.75, 3.05) is 25.0 Å². The van der Waals surface area contributed by atoms with Gasteiger partial charge in [0.1, 0.15) is 0 Å². The number of anilines is 1. The molecule has 5 nitrogen and oxygen atoms in total. The number of guanidine groups is 1. The largest absolute Gasteiger partial charge is 0.370 e. The van der Waals surface area contributed by atoms with Gasteiger partial charge in [-0.3, -0.25) is 9.79 Å². The Morgan fingerprint density at radius 3 is 3.04 bits per heavy atom. The molecule has 2 rings (SSSR count). The second-order valence-electron chi connectivity index (χ2n) is 5.99. The van der Waals surface area contributed by atoms with Crippen LogP contribution in [0, 0.1) is 0 Å². The zero-order valence-corrected chi connectivity index (χ0v) is 14.1. The summed E-state index contributed by atoms with van der Waals surface area (Å²) in [7, 11) is 0. The van der Waals surface area contributed by atoms with Crippen molar-refractivity contribution < 1.29 is 4.79 Å². The van der Waals surface area contributed by atoms with Gasteiger partial charge in [-0.25, -0.2) is 0 Å². The first-order chi connectivity index (χ1) is 11.2. The van der Waals surface area contributed by atoms with E-state index in [-0.39, 0.29) is 5.91 Å². The van der Waals surface area contributed by atoms with E-state index in [1.165, 1.54) is 5.56 Å². The Hall–Kier alpha value is -2.04. The highest BCUT2D eigenvalue weighted by Crippen LogP contribution is 2.12. The highest BCUT2D eigenvalue weighted by Gasteiger charge is 2.15. The van der Waals surface area contributed by atoms with Crippen LogP contribution >= 0.6 is 0 Å². The van der Waals surface area contributed by atoms with Crippen LogP contribution in [0.4, 0.5) is 5.69 Å². The Morgan fingerprint density at radius 2 is 2.22 bits per heavy atom. The zero-order valence-electron chi connectivity index (χ0n) is 14.1. The fourth-order valence-corrected chi connectivity index (χ4v) is 2.79. The van der Waals surface area contributed by atoms with E-state index in [0.717, 1.165) is 50.9 Å². The number of aliphatic imine (C=N–C) groups is 1. The quantitative estimate of drug-likeness (QED) is 0.481. The Balaban J connectivity index is 1.75. The molecule has 1 fully saturated rings. The molecular weight excluding hydrogens is 288 g/mol. The van der Waals surface area contributed by atoms with Crippen LogP contribution in [-0.2, 0) is 11.2 Å². The number of nitrogens with one attached hydrogen (secondary N) is 1. The average Bonchev–Trinajstić information content (AvgIpc) is 2.76. The van der Waals surface area contributed by atoms with E-state index in [9.17, 15) is 4.79 Å². The van der Waals surface area contributed by atoms with Crippen LogP contribution in [0.5, 0.6) is 0 Å². The van der Waals surface area contributed by atoms with Gasteiger partial charge in [0.2, 0.25) is 5.91 Å². The predicted octanol–water partition coefficient (Wildman–Crippen LogP) is 2.77. The molecule has 0 unspecified atom stereocenters. The number of amides is 1. The van der Waals surface area contributed by atoms with E-state index in [4.69, 9.17) is 5.73 Å². The highest BCUT2D eigenvalue weighted by atomic mass is 16.2. The topological polar surface area (TPSA) is 70.7 Å². The normalized spacial score (nSPS) is 16.3. The van der Waals surface area contributed by atoms with E-state index < -0.39 is 0 Å². The van der Waals surface area contributed by atoms with E-state index in [1.54, 1.807) is 0 Å². The summed E-state index contributed by atoms with van der Waals surface area (Å²) >= 11 is 0. The number of carbonyl (C=O) groups is 1. The summed E-state index contributed by atoms with van der Waals surface area (Å²) in [5.41, 5.74) is 8.16. The number of nitrogens with two attached hydrogens (primary N) is 1. The standard InChI is InChI=1S/C18H28N4O/c1-2-15-8-6-9-16(14-15)21-18(19)20-11-7-13-22-12-5-3-4-10-17(22)23/h6,8-9,14H,2-5,7,10-13H2,1H3,(H3,19,20,21). The first-order valence-corrected chi connectivity index (χ1v) is 8.62. The summed E-state index contributed by atoms with van der Waals surface area (Å²) in [4.78, 5) is 18.2. The molecule has 0 saturated carbocycles. The van der Waals surface area contributed by atoms with Gasteiger partial charge in [-0.15, -0.1) is 0 Å². The maximum absolute atomic E-state index is 11.9. The molecule has 3 N–H and O–H groups in total. The SMILES string of the molecule is CCc1cccc(NC(N)=NCCCN2CCCCCC2=O)c1. The van der Waals surface area contributed by atoms with Gasteiger partial charge in [-0.2, -0.15) is 0 Å². The number of hydrogen-bond acceptors (Lipinski definition) is 2. The predicted molar refractivity (Wildman–Crippen MR) is 95.6 cm³/mol. The van der Waals surface area contributed by atoms with E-state index in [2.05, 4.69) is 29.4 Å². The Bertz CT molecular complexity index is 542. The molecule has 0 radical (unpaired) electrons. The van der Waals surface area contributed by atoms with Crippen LogP contribution in [0.1, 0.15) is 44.6 Å².